The van der Waals surface area contributed by atoms with Crippen LogP contribution in [0.4, 0.5) is 0 Å². The van der Waals surface area contributed by atoms with Crippen molar-refractivity contribution in [3.05, 3.63) is 36.2 Å². The molecule has 0 aliphatic rings. The van der Waals surface area contributed by atoms with E-state index in [2.05, 4.69) is 45.3 Å². The van der Waals surface area contributed by atoms with Gasteiger partial charge in [-0.3, -0.25) is 0 Å². The molecule has 0 saturated carbocycles. The van der Waals surface area contributed by atoms with Crippen molar-refractivity contribution in [1.82, 2.24) is 20.2 Å². The third-order valence-electron chi connectivity index (χ3n) is 2.67. The molecule has 1 aromatic carbocycles. The topological polar surface area (TPSA) is 43.6 Å². The highest BCUT2D eigenvalue weighted by molar-refractivity contribution is 9.09. The van der Waals surface area contributed by atoms with E-state index in [4.69, 9.17) is 0 Å². The smallest absolute Gasteiger partial charge is 0.157 e. The maximum atomic E-state index is 4.11. The molecular formula is C13H17BrN4. The van der Waals surface area contributed by atoms with E-state index in [9.17, 15) is 0 Å². The molecule has 4 nitrogen and oxygen atoms in total. The normalized spacial score (nSPS) is 12.9. The summed E-state index contributed by atoms with van der Waals surface area (Å²) in [6.07, 6.45) is 1.95. The number of aromatic nitrogens is 4. The molecule has 0 aliphatic heterocycles. The molecule has 1 atom stereocenters. The first-order valence-corrected chi connectivity index (χ1v) is 7.05. The first-order chi connectivity index (χ1) is 8.66. The Balaban J connectivity index is 2.14. The third-order valence-corrected chi connectivity index (χ3v) is 3.36. The monoisotopic (exact) mass is 308 g/mol. The predicted octanol–water partition coefficient (Wildman–Crippen LogP) is 3.01. The highest BCUT2D eigenvalue weighted by atomic mass is 79.9. The number of benzene rings is 1. The van der Waals surface area contributed by atoms with Crippen LogP contribution in [0.5, 0.6) is 0 Å². The van der Waals surface area contributed by atoms with E-state index in [0.717, 1.165) is 24.4 Å². The minimum absolute atomic E-state index is 0.408. The van der Waals surface area contributed by atoms with E-state index >= 15 is 0 Å². The van der Waals surface area contributed by atoms with Crippen molar-refractivity contribution in [1.29, 1.82) is 0 Å². The summed E-state index contributed by atoms with van der Waals surface area (Å²) in [7, 11) is 0. The largest absolute Gasteiger partial charge is 0.197 e. The molecule has 0 fully saturated rings. The van der Waals surface area contributed by atoms with Crippen molar-refractivity contribution in [2.75, 3.05) is 0 Å². The van der Waals surface area contributed by atoms with Gasteiger partial charge in [0.05, 0.1) is 5.69 Å². The lowest BCUT2D eigenvalue weighted by atomic mass is 10.1. The first kappa shape index (κ1) is 13.2. The average Bonchev–Trinajstić information content (AvgIpc) is 2.77. The molecule has 1 heterocycles. The third kappa shape index (κ3) is 3.38. The number of tetrazole rings is 1. The molecule has 2 aromatic rings. The van der Waals surface area contributed by atoms with Crippen molar-refractivity contribution < 1.29 is 0 Å². The van der Waals surface area contributed by atoms with Crippen LogP contribution in [-0.2, 0) is 6.42 Å². The Kier molecular flexibility index (Phi) is 4.47. The van der Waals surface area contributed by atoms with E-state index in [-0.39, 0.29) is 0 Å². The molecule has 1 aromatic heterocycles. The van der Waals surface area contributed by atoms with E-state index in [1.807, 2.05) is 30.3 Å². The number of alkyl halides is 1. The summed E-state index contributed by atoms with van der Waals surface area (Å²) in [4.78, 5) is 0.408. The second-order valence-electron chi connectivity index (χ2n) is 4.77. The van der Waals surface area contributed by atoms with E-state index in [0.29, 0.717) is 10.7 Å². The van der Waals surface area contributed by atoms with Crippen LogP contribution in [0, 0.1) is 5.92 Å². The first-order valence-electron chi connectivity index (χ1n) is 6.13. The molecule has 0 N–H and O–H groups in total. The van der Waals surface area contributed by atoms with Gasteiger partial charge in [-0.15, -0.1) is 5.10 Å². The zero-order valence-corrected chi connectivity index (χ0v) is 12.2. The van der Waals surface area contributed by atoms with E-state index < -0.39 is 0 Å². The zero-order valence-electron chi connectivity index (χ0n) is 10.6. The molecule has 0 bridgehead atoms. The summed E-state index contributed by atoms with van der Waals surface area (Å²) in [5, 5.41) is 11.9. The van der Waals surface area contributed by atoms with E-state index in [1.165, 1.54) is 0 Å². The van der Waals surface area contributed by atoms with Crippen molar-refractivity contribution in [2.45, 2.75) is 31.5 Å². The highest BCUT2D eigenvalue weighted by Crippen LogP contribution is 2.18. The molecule has 0 saturated heterocycles. The van der Waals surface area contributed by atoms with Crippen LogP contribution in [0.15, 0.2) is 30.3 Å². The Morgan fingerprint density at radius 1 is 1.22 bits per heavy atom. The number of halogens is 1. The number of hydrogen-bond donors (Lipinski definition) is 0. The van der Waals surface area contributed by atoms with Crippen molar-refractivity contribution in [3.8, 4) is 5.69 Å². The second-order valence-corrected chi connectivity index (χ2v) is 6.07. The van der Waals surface area contributed by atoms with Crippen LogP contribution < -0.4 is 0 Å². The maximum absolute atomic E-state index is 4.11. The molecule has 5 heteroatoms. The van der Waals surface area contributed by atoms with Gasteiger partial charge in [-0.25, -0.2) is 0 Å². The van der Waals surface area contributed by atoms with Crippen molar-refractivity contribution >= 4 is 15.9 Å². The molecule has 0 spiro atoms. The number of rotatable bonds is 5. The summed E-state index contributed by atoms with van der Waals surface area (Å²) >= 11 is 3.70. The summed E-state index contributed by atoms with van der Waals surface area (Å²) < 4.78 is 1.80. The summed E-state index contributed by atoms with van der Waals surface area (Å²) in [5.74, 6) is 1.55. The van der Waals surface area contributed by atoms with Crippen molar-refractivity contribution in [2.24, 2.45) is 5.92 Å². The molecule has 96 valence electrons. The van der Waals surface area contributed by atoms with Gasteiger partial charge in [0.25, 0.3) is 0 Å². The summed E-state index contributed by atoms with van der Waals surface area (Å²) in [6, 6.07) is 9.97. The maximum Gasteiger partial charge on any atom is 0.157 e. The lowest BCUT2D eigenvalue weighted by Crippen LogP contribution is -2.12. The van der Waals surface area contributed by atoms with Gasteiger partial charge in [-0.2, -0.15) is 4.68 Å². The number of nitrogens with zero attached hydrogens (tertiary/aromatic N) is 4. The van der Waals surface area contributed by atoms with Gasteiger partial charge < -0.3 is 0 Å². The Labute approximate surface area is 116 Å². The van der Waals surface area contributed by atoms with Gasteiger partial charge in [0.1, 0.15) is 0 Å². The highest BCUT2D eigenvalue weighted by Gasteiger charge is 2.14. The quantitative estimate of drug-likeness (QED) is 0.798. The summed E-state index contributed by atoms with van der Waals surface area (Å²) in [5.41, 5.74) is 1.00. The fourth-order valence-corrected chi connectivity index (χ4v) is 2.93. The second kappa shape index (κ2) is 6.09. The Morgan fingerprint density at radius 3 is 2.61 bits per heavy atom. The average molecular weight is 309 g/mol. The van der Waals surface area contributed by atoms with Gasteiger partial charge >= 0.3 is 0 Å². The Morgan fingerprint density at radius 2 is 1.94 bits per heavy atom. The lowest BCUT2D eigenvalue weighted by Gasteiger charge is -2.11. The lowest BCUT2D eigenvalue weighted by molar-refractivity contribution is 0.561. The standard InChI is InChI=1S/C13H17BrN4/c1-10(2)8-11(14)9-13-15-16-17-18(13)12-6-4-3-5-7-12/h3-7,10-11H,8-9H2,1-2H3. The van der Waals surface area contributed by atoms with Crippen LogP contribution in [0.25, 0.3) is 5.69 Å². The molecule has 0 radical (unpaired) electrons. The molecule has 0 aliphatic carbocycles. The van der Waals surface area contributed by atoms with Crippen LogP contribution in [0.3, 0.4) is 0 Å². The van der Waals surface area contributed by atoms with Gasteiger partial charge in [-0.1, -0.05) is 48.0 Å². The van der Waals surface area contributed by atoms with Crippen LogP contribution in [0.2, 0.25) is 0 Å². The molecular weight excluding hydrogens is 292 g/mol. The van der Waals surface area contributed by atoms with Gasteiger partial charge in [0.15, 0.2) is 5.82 Å². The molecule has 18 heavy (non-hydrogen) atoms. The van der Waals surface area contributed by atoms with Gasteiger partial charge in [0.2, 0.25) is 0 Å². The van der Waals surface area contributed by atoms with Crippen molar-refractivity contribution in [3.63, 3.8) is 0 Å². The van der Waals surface area contributed by atoms with Gasteiger partial charge in [-0.05, 0) is 34.9 Å². The molecule has 2 rings (SSSR count). The van der Waals surface area contributed by atoms with E-state index in [1.54, 1.807) is 4.68 Å². The minimum Gasteiger partial charge on any atom is -0.197 e. The van der Waals surface area contributed by atoms with Crippen LogP contribution in [0.1, 0.15) is 26.1 Å². The summed E-state index contributed by atoms with van der Waals surface area (Å²) in [6.45, 7) is 4.43. The van der Waals surface area contributed by atoms with Gasteiger partial charge in [0, 0.05) is 11.2 Å². The SMILES string of the molecule is CC(C)CC(Br)Cc1nnnn1-c1ccccc1. The fraction of sp³-hybridized carbons (Fsp3) is 0.462. The van der Waals surface area contributed by atoms with Crippen LogP contribution >= 0.6 is 15.9 Å². The van der Waals surface area contributed by atoms with Crippen LogP contribution in [-0.4, -0.2) is 25.0 Å². The molecule has 0 amide bonds. The number of para-hydroxylation sites is 1. The Hall–Kier alpha value is -1.23. The fourth-order valence-electron chi connectivity index (χ4n) is 1.90. The molecule has 1 unspecified atom stereocenters. The minimum atomic E-state index is 0.408. The zero-order chi connectivity index (χ0) is 13.0. The predicted molar refractivity (Wildman–Crippen MR) is 75.0 cm³/mol. The Bertz CT molecular complexity index is 481. The number of hydrogen-bond acceptors (Lipinski definition) is 3.